The zero-order valence-corrected chi connectivity index (χ0v) is 15.7. The van der Waals surface area contributed by atoms with E-state index in [1.807, 2.05) is 60.8 Å². The van der Waals surface area contributed by atoms with Crippen LogP contribution in [0, 0.1) is 5.82 Å². The molecule has 0 aliphatic carbocycles. The van der Waals surface area contributed by atoms with Crippen molar-refractivity contribution in [3.8, 4) is 0 Å². The summed E-state index contributed by atoms with van der Waals surface area (Å²) in [6.07, 6.45) is 1.87. The number of hydrogen-bond donors (Lipinski definition) is 1. The van der Waals surface area contributed by atoms with Crippen LogP contribution in [-0.4, -0.2) is 48.4 Å². The van der Waals surface area contributed by atoms with E-state index in [1.165, 1.54) is 12.1 Å². The molecule has 1 aliphatic heterocycles. The molecule has 1 atom stereocenters. The third-order valence-corrected chi connectivity index (χ3v) is 5.38. The van der Waals surface area contributed by atoms with Gasteiger partial charge in [-0.1, -0.05) is 30.3 Å². The fourth-order valence-electron chi connectivity index (χ4n) is 3.79. The Balaban J connectivity index is 1.43. The number of piperazine rings is 1. The Morgan fingerprint density at radius 3 is 2.29 bits per heavy atom. The van der Waals surface area contributed by atoms with E-state index in [1.54, 1.807) is 0 Å². The average Bonchev–Trinajstić information content (AvgIpc) is 3.28. The van der Waals surface area contributed by atoms with E-state index < -0.39 is 0 Å². The number of halogens is 1. The van der Waals surface area contributed by atoms with Crippen molar-refractivity contribution in [3.05, 3.63) is 90.0 Å². The van der Waals surface area contributed by atoms with Crippen LogP contribution in [0.1, 0.15) is 22.0 Å². The smallest absolute Gasteiger partial charge is 0.173 e. The normalized spacial score (nSPS) is 16.1. The molecule has 28 heavy (non-hydrogen) atoms. The summed E-state index contributed by atoms with van der Waals surface area (Å²) in [5, 5.41) is 0. The monoisotopic (exact) mass is 377 g/mol. The van der Waals surface area contributed by atoms with Gasteiger partial charge in [-0.05, 0) is 36.4 Å². The van der Waals surface area contributed by atoms with Crippen LogP contribution in [-0.2, 0) is 0 Å². The van der Waals surface area contributed by atoms with Crippen LogP contribution >= 0.6 is 0 Å². The Hall–Kier alpha value is -2.92. The minimum absolute atomic E-state index is 0.143. The first-order valence-electron chi connectivity index (χ1n) is 9.66. The van der Waals surface area contributed by atoms with Gasteiger partial charge in [0.1, 0.15) is 5.82 Å². The van der Waals surface area contributed by atoms with Crippen LogP contribution in [0.2, 0.25) is 0 Å². The first-order valence-corrected chi connectivity index (χ1v) is 9.66. The molecule has 0 amide bonds. The number of rotatable bonds is 6. The number of anilines is 1. The Bertz CT molecular complexity index is 885. The second kappa shape index (κ2) is 8.40. The van der Waals surface area contributed by atoms with Crippen molar-refractivity contribution < 1.29 is 9.18 Å². The van der Waals surface area contributed by atoms with Crippen LogP contribution in [0.25, 0.3) is 0 Å². The number of aromatic amines is 1. The van der Waals surface area contributed by atoms with Crippen molar-refractivity contribution in [2.24, 2.45) is 0 Å². The number of nitrogens with zero attached hydrogens (tertiary/aromatic N) is 2. The quantitative estimate of drug-likeness (QED) is 0.662. The topological polar surface area (TPSA) is 39.3 Å². The molecule has 3 aromatic rings. The molecule has 2 aromatic carbocycles. The molecule has 1 saturated heterocycles. The molecular formula is C23H24FN3O. The highest BCUT2D eigenvalue weighted by atomic mass is 19.1. The van der Waals surface area contributed by atoms with Gasteiger partial charge in [0.05, 0.1) is 5.92 Å². The molecule has 1 aromatic heterocycles. The molecule has 0 radical (unpaired) electrons. The third-order valence-electron chi connectivity index (χ3n) is 5.38. The van der Waals surface area contributed by atoms with Crippen molar-refractivity contribution in [2.75, 3.05) is 37.6 Å². The molecule has 0 spiro atoms. The Labute approximate surface area is 164 Å². The van der Waals surface area contributed by atoms with E-state index in [0.29, 0.717) is 6.54 Å². The molecule has 4 rings (SSSR count). The maximum Gasteiger partial charge on any atom is 0.173 e. The van der Waals surface area contributed by atoms with E-state index in [9.17, 15) is 9.18 Å². The first-order chi connectivity index (χ1) is 13.7. The standard InChI is InChI=1S/C23H24FN3O/c24-19-8-10-20(11-9-19)27-15-13-26(14-16-27)17-21(22-7-4-12-25-22)23(28)18-5-2-1-3-6-18/h1-12,21,25H,13-17H2. The van der Waals surface area contributed by atoms with E-state index >= 15 is 0 Å². The van der Waals surface area contributed by atoms with Crippen molar-refractivity contribution >= 4 is 11.5 Å². The number of H-pyrrole nitrogens is 1. The molecule has 4 nitrogen and oxygen atoms in total. The van der Waals surface area contributed by atoms with Gasteiger partial charge in [-0.25, -0.2) is 4.39 Å². The number of nitrogens with one attached hydrogen (secondary N) is 1. The summed E-state index contributed by atoms with van der Waals surface area (Å²) >= 11 is 0. The largest absolute Gasteiger partial charge is 0.369 e. The number of aromatic nitrogens is 1. The van der Waals surface area contributed by atoms with Gasteiger partial charge in [-0.3, -0.25) is 9.69 Å². The van der Waals surface area contributed by atoms with Crippen LogP contribution in [0.5, 0.6) is 0 Å². The van der Waals surface area contributed by atoms with Crippen molar-refractivity contribution in [3.63, 3.8) is 0 Å². The highest BCUT2D eigenvalue weighted by Gasteiger charge is 2.27. The number of carbonyl (C=O) groups is 1. The van der Waals surface area contributed by atoms with Gasteiger partial charge in [0.15, 0.2) is 5.78 Å². The summed E-state index contributed by atoms with van der Waals surface area (Å²) in [5.41, 5.74) is 2.74. The lowest BCUT2D eigenvalue weighted by molar-refractivity contribution is 0.0929. The summed E-state index contributed by atoms with van der Waals surface area (Å²) in [7, 11) is 0. The fourth-order valence-corrected chi connectivity index (χ4v) is 3.79. The van der Waals surface area contributed by atoms with Crippen molar-refractivity contribution in [2.45, 2.75) is 5.92 Å². The summed E-state index contributed by atoms with van der Waals surface area (Å²) in [6.45, 7) is 4.16. The van der Waals surface area contributed by atoms with Crippen LogP contribution in [0.15, 0.2) is 72.9 Å². The van der Waals surface area contributed by atoms with Crippen molar-refractivity contribution in [1.29, 1.82) is 0 Å². The summed E-state index contributed by atoms with van der Waals surface area (Å²) in [4.78, 5) is 21.0. The third kappa shape index (κ3) is 4.15. The zero-order chi connectivity index (χ0) is 19.3. The second-order valence-corrected chi connectivity index (χ2v) is 7.17. The minimum Gasteiger partial charge on any atom is -0.369 e. The molecule has 1 fully saturated rings. The maximum atomic E-state index is 13.1. The molecule has 0 saturated carbocycles. The molecule has 2 heterocycles. The predicted molar refractivity (Wildman–Crippen MR) is 109 cm³/mol. The van der Waals surface area contributed by atoms with Crippen molar-refractivity contribution in [1.82, 2.24) is 9.88 Å². The number of ketones is 1. The van der Waals surface area contributed by atoms with Crippen LogP contribution in [0.3, 0.4) is 0 Å². The number of carbonyl (C=O) groups excluding carboxylic acids is 1. The Morgan fingerprint density at radius 1 is 0.929 bits per heavy atom. The number of hydrogen-bond acceptors (Lipinski definition) is 3. The van der Waals surface area contributed by atoms with E-state index in [-0.39, 0.29) is 17.5 Å². The molecule has 144 valence electrons. The molecule has 0 bridgehead atoms. The van der Waals surface area contributed by atoms with Gasteiger partial charge in [-0.15, -0.1) is 0 Å². The summed E-state index contributed by atoms with van der Waals surface area (Å²) in [5.74, 6) is -0.283. The maximum absolute atomic E-state index is 13.1. The lowest BCUT2D eigenvalue weighted by Crippen LogP contribution is -2.48. The Morgan fingerprint density at radius 2 is 1.64 bits per heavy atom. The van der Waals surface area contributed by atoms with Crippen LogP contribution < -0.4 is 4.90 Å². The number of Topliss-reactive ketones (excluding diaryl/α,β-unsaturated/α-hetero) is 1. The lowest BCUT2D eigenvalue weighted by Gasteiger charge is -2.37. The van der Waals surface area contributed by atoms with Gasteiger partial charge in [-0.2, -0.15) is 0 Å². The van der Waals surface area contributed by atoms with E-state index in [4.69, 9.17) is 0 Å². The molecule has 1 aliphatic rings. The number of benzene rings is 2. The Kier molecular flexibility index (Phi) is 5.53. The lowest BCUT2D eigenvalue weighted by atomic mass is 9.93. The molecule has 1 unspecified atom stereocenters. The van der Waals surface area contributed by atoms with E-state index in [2.05, 4.69) is 14.8 Å². The summed E-state index contributed by atoms with van der Waals surface area (Å²) < 4.78 is 13.1. The molecule has 1 N–H and O–H groups in total. The molecular weight excluding hydrogens is 353 g/mol. The van der Waals surface area contributed by atoms with Gasteiger partial charge in [0.2, 0.25) is 0 Å². The van der Waals surface area contributed by atoms with E-state index in [0.717, 1.165) is 43.1 Å². The second-order valence-electron chi connectivity index (χ2n) is 7.17. The summed E-state index contributed by atoms with van der Waals surface area (Å²) in [6, 6.07) is 20.1. The molecule has 5 heteroatoms. The minimum atomic E-state index is -0.213. The fraction of sp³-hybridized carbons (Fsp3) is 0.261. The zero-order valence-electron chi connectivity index (χ0n) is 15.7. The van der Waals surface area contributed by atoms with Gasteiger partial charge >= 0.3 is 0 Å². The SMILES string of the molecule is O=C(c1ccccc1)C(CN1CCN(c2ccc(F)cc2)CC1)c1ccc[nH]1. The van der Waals surface area contributed by atoms with Gasteiger partial charge in [0.25, 0.3) is 0 Å². The van der Waals surface area contributed by atoms with Crippen LogP contribution in [0.4, 0.5) is 10.1 Å². The van der Waals surface area contributed by atoms with Gasteiger partial charge < -0.3 is 9.88 Å². The predicted octanol–water partition coefficient (Wildman–Crippen LogP) is 3.94. The highest BCUT2D eigenvalue weighted by Crippen LogP contribution is 2.23. The van der Waals surface area contributed by atoms with Gasteiger partial charge in [0, 0.05) is 55.9 Å². The highest BCUT2D eigenvalue weighted by molar-refractivity contribution is 6.00. The average molecular weight is 377 g/mol. The first kappa shape index (κ1) is 18.4.